The third-order valence-corrected chi connectivity index (χ3v) is 7.13. The average Bonchev–Trinajstić information content (AvgIpc) is 3.38. The summed E-state index contributed by atoms with van der Waals surface area (Å²) in [4.78, 5) is 20.3. The molecule has 4 heterocycles. The van der Waals surface area contributed by atoms with Crippen molar-refractivity contribution in [3.63, 3.8) is 0 Å². The summed E-state index contributed by atoms with van der Waals surface area (Å²) in [6, 6.07) is 8.73. The van der Waals surface area contributed by atoms with Gasteiger partial charge in [0.2, 0.25) is 0 Å². The molecular weight excluding hydrogens is 350 g/mol. The van der Waals surface area contributed by atoms with Crippen molar-refractivity contribution in [2.45, 2.75) is 38.1 Å². The summed E-state index contributed by atoms with van der Waals surface area (Å²) in [7, 11) is 0. The van der Waals surface area contributed by atoms with Gasteiger partial charge in [0, 0.05) is 49.5 Å². The summed E-state index contributed by atoms with van der Waals surface area (Å²) in [5.41, 5.74) is 0. The number of piperidine rings is 1. The molecule has 3 aliphatic heterocycles. The lowest BCUT2D eigenvalue weighted by Gasteiger charge is -2.38. The Morgan fingerprint density at radius 3 is 2.79 bits per heavy atom. The minimum atomic E-state index is 0.0528. The van der Waals surface area contributed by atoms with Crippen LogP contribution in [0.5, 0.6) is 0 Å². The highest BCUT2D eigenvalue weighted by Gasteiger charge is 2.31. The monoisotopic (exact) mass is 381 g/mol. The van der Waals surface area contributed by atoms with Gasteiger partial charge < -0.3 is 14.2 Å². The molecular formula is C23H31N3O2. The van der Waals surface area contributed by atoms with Crippen molar-refractivity contribution in [3.05, 3.63) is 36.3 Å². The SMILES string of the molecule is O=C(c1occ2ccccc12)N1CCC(CCN2CCN3CCCC3C2)CC1. The molecule has 3 saturated heterocycles. The van der Waals surface area contributed by atoms with Crippen molar-refractivity contribution in [2.24, 2.45) is 5.92 Å². The number of furan rings is 1. The number of carbonyl (C=O) groups excluding carboxylic acids is 1. The molecule has 28 heavy (non-hydrogen) atoms. The summed E-state index contributed by atoms with van der Waals surface area (Å²) in [6.45, 7) is 8.02. The average molecular weight is 382 g/mol. The second-order valence-electron chi connectivity index (χ2n) is 8.81. The van der Waals surface area contributed by atoms with Gasteiger partial charge in [-0.25, -0.2) is 0 Å². The van der Waals surface area contributed by atoms with Gasteiger partial charge in [0.25, 0.3) is 5.91 Å². The number of nitrogens with zero attached hydrogens (tertiary/aromatic N) is 3. The highest BCUT2D eigenvalue weighted by Crippen LogP contribution is 2.27. The van der Waals surface area contributed by atoms with Crippen LogP contribution < -0.4 is 0 Å². The lowest BCUT2D eigenvalue weighted by Crippen LogP contribution is -2.50. The van der Waals surface area contributed by atoms with Crippen molar-refractivity contribution >= 4 is 16.7 Å². The molecule has 0 saturated carbocycles. The van der Waals surface area contributed by atoms with E-state index in [1.807, 2.05) is 29.2 Å². The Bertz CT molecular complexity index is 824. The molecule has 5 heteroatoms. The number of likely N-dealkylation sites (tertiary alicyclic amines) is 1. The van der Waals surface area contributed by atoms with E-state index in [4.69, 9.17) is 4.42 Å². The van der Waals surface area contributed by atoms with Crippen LogP contribution in [0.4, 0.5) is 0 Å². The second-order valence-corrected chi connectivity index (χ2v) is 8.81. The number of benzene rings is 1. The van der Waals surface area contributed by atoms with Crippen LogP contribution in [0.3, 0.4) is 0 Å². The molecule has 0 bridgehead atoms. The fourth-order valence-electron chi connectivity index (χ4n) is 5.35. The minimum Gasteiger partial charge on any atom is -0.458 e. The van der Waals surface area contributed by atoms with Crippen LogP contribution in [-0.4, -0.2) is 72.5 Å². The molecule has 1 amide bonds. The molecule has 1 aromatic carbocycles. The zero-order valence-corrected chi connectivity index (χ0v) is 16.7. The van der Waals surface area contributed by atoms with Crippen LogP contribution in [0.15, 0.2) is 34.9 Å². The molecule has 150 valence electrons. The van der Waals surface area contributed by atoms with Gasteiger partial charge in [0.1, 0.15) is 0 Å². The molecule has 5 nitrogen and oxygen atoms in total. The zero-order chi connectivity index (χ0) is 18.9. The predicted octanol–water partition coefficient (Wildman–Crippen LogP) is 3.46. The molecule has 0 radical (unpaired) electrons. The van der Waals surface area contributed by atoms with E-state index in [0.29, 0.717) is 5.76 Å². The Hall–Kier alpha value is -1.85. The Balaban J connectivity index is 1.11. The van der Waals surface area contributed by atoms with Crippen molar-refractivity contribution in [2.75, 3.05) is 45.8 Å². The second kappa shape index (κ2) is 7.88. The first-order valence-corrected chi connectivity index (χ1v) is 11.0. The maximum Gasteiger partial charge on any atom is 0.290 e. The topological polar surface area (TPSA) is 39.9 Å². The van der Waals surface area contributed by atoms with E-state index < -0.39 is 0 Å². The number of fused-ring (bicyclic) bond motifs is 2. The maximum absolute atomic E-state index is 12.9. The molecule has 0 spiro atoms. The summed E-state index contributed by atoms with van der Waals surface area (Å²) in [5.74, 6) is 1.31. The van der Waals surface area contributed by atoms with Gasteiger partial charge in [-0.3, -0.25) is 9.69 Å². The van der Waals surface area contributed by atoms with Crippen molar-refractivity contribution in [1.82, 2.24) is 14.7 Å². The van der Waals surface area contributed by atoms with E-state index >= 15 is 0 Å². The minimum absolute atomic E-state index is 0.0528. The van der Waals surface area contributed by atoms with Crippen LogP contribution in [0.2, 0.25) is 0 Å². The van der Waals surface area contributed by atoms with Crippen LogP contribution in [0, 0.1) is 5.92 Å². The third-order valence-electron chi connectivity index (χ3n) is 7.13. The first kappa shape index (κ1) is 18.2. The van der Waals surface area contributed by atoms with Crippen LogP contribution in [0.25, 0.3) is 10.8 Å². The number of carbonyl (C=O) groups is 1. The highest BCUT2D eigenvalue weighted by atomic mass is 16.3. The quantitative estimate of drug-likeness (QED) is 0.813. The number of piperazine rings is 1. The van der Waals surface area contributed by atoms with Gasteiger partial charge >= 0.3 is 0 Å². The smallest absolute Gasteiger partial charge is 0.290 e. The van der Waals surface area contributed by atoms with E-state index in [1.165, 1.54) is 52.0 Å². The molecule has 5 rings (SSSR count). The van der Waals surface area contributed by atoms with E-state index in [0.717, 1.165) is 48.7 Å². The van der Waals surface area contributed by atoms with Crippen LogP contribution >= 0.6 is 0 Å². The summed E-state index contributed by atoms with van der Waals surface area (Å²) >= 11 is 0. The summed E-state index contributed by atoms with van der Waals surface area (Å²) < 4.78 is 5.62. The van der Waals surface area contributed by atoms with Crippen LogP contribution in [0.1, 0.15) is 42.7 Å². The summed E-state index contributed by atoms with van der Waals surface area (Å²) in [6.07, 6.45) is 7.98. The van der Waals surface area contributed by atoms with E-state index in [9.17, 15) is 4.79 Å². The Morgan fingerprint density at radius 1 is 1.04 bits per heavy atom. The number of rotatable bonds is 4. The van der Waals surface area contributed by atoms with Gasteiger partial charge in [-0.1, -0.05) is 24.3 Å². The number of hydrogen-bond donors (Lipinski definition) is 0. The number of amides is 1. The third kappa shape index (κ3) is 3.58. The lowest BCUT2D eigenvalue weighted by atomic mass is 9.93. The molecule has 2 aromatic rings. The van der Waals surface area contributed by atoms with Gasteiger partial charge in [-0.15, -0.1) is 0 Å². The van der Waals surface area contributed by atoms with Crippen molar-refractivity contribution in [3.8, 4) is 0 Å². The predicted molar refractivity (Wildman–Crippen MR) is 110 cm³/mol. The molecule has 0 N–H and O–H groups in total. The van der Waals surface area contributed by atoms with Gasteiger partial charge in [-0.05, 0) is 51.1 Å². The van der Waals surface area contributed by atoms with E-state index in [-0.39, 0.29) is 5.91 Å². The summed E-state index contributed by atoms with van der Waals surface area (Å²) in [5, 5.41) is 1.93. The van der Waals surface area contributed by atoms with E-state index in [2.05, 4.69) is 9.80 Å². The highest BCUT2D eigenvalue weighted by molar-refractivity contribution is 6.04. The Morgan fingerprint density at radius 2 is 1.89 bits per heavy atom. The Labute approximate surface area is 167 Å². The normalized spacial score (nSPS) is 24.7. The first-order chi connectivity index (χ1) is 13.8. The fraction of sp³-hybridized carbons (Fsp3) is 0.609. The zero-order valence-electron chi connectivity index (χ0n) is 16.7. The fourth-order valence-corrected chi connectivity index (χ4v) is 5.35. The van der Waals surface area contributed by atoms with Crippen molar-refractivity contribution in [1.29, 1.82) is 0 Å². The first-order valence-electron chi connectivity index (χ1n) is 11.0. The largest absolute Gasteiger partial charge is 0.458 e. The van der Waals surface area contributed by atoms with Crippen LogP contribution in [-0.2, 0) is 0 Å². The lowest BCUT2D eigenvalue weighted by molar-refractivity contribution is 0.0635. The Kier molecular flexibility index (Phi) is 5.12. The maximum atomic E-state index is 12.9. The standard InChI is InChI=1S/C23H31N3O2/c27-23(22-21-6-2-1-4-19(21)17-28-22)26-12-8-18(9-13-26)7-11-24-14-15-25-10-3-5-20(25)16-24/h1-2,4,6,17-18,20H,3,5,7-16H2. The molecule has 3 aliphatic rings. The molecule has 1 atom stereocenters. The molecule has 3 fully saturated rings. The molecule has 1 aromatic heterocycles. The molecule has 0 aliphatic carbocycles. The van der Waals surface area contributed by atoms with E-state index in [1.54, 1.807) is 6.26 Å². The van der Waals surface area contributed by atoms with Gasteiger partial charge in [0.15, 0.2) is 5.76 Å². The molecule has 1 unspecified atom stereocenters. The van der Waals surface area contributed by atoms with Gasteiger partial charge in [-0.2, -0.15) is 0 Å². The van der Waals surface area contributed by atoms with Gasteiger partial charge in [0.05, 0.1) is 6.26 Å². The van der Waals surface area contributed by atoms with Crippen molar-refractivity contribution < 1.29 is 9.21 Å². The number of hydrogen-bond acceptors (Lipinski definition) is 4.